The predicted octanol–water partition coefficient (Wildman–Crippen LogP) is 3.46. The van der Waals surface area contributed by atoms with E-state index in [9.17, 15) is 9.59 Å². The molecule has 0 aliphatic carbocycles. The molecule has 0 aromatic carbocycles. The highest BCUT2D eigenvalue weighted by atomic mass is 32.2. The normalized spacial score (nSPS) is 18.2. The average Bonchev–Trinajstić information content (AvgIpc) is 3.04. The third kappa shape index (κ3) is 4.26. The zero-order valence-corrected chi connectivity index (χ0v) is 16.7. The minimum atomic E-state index is 0.00948. The summed E-state index contributed by atoms with van der Waals surface area (Å²) in [6.07, 6.45) is 2.27. The van der Waals surface area contributed by atoms with Gasteiger partial charge in [-0.25, -0.2) is 4.98 Å². The van der Waals surface area contributed by atoms with Crippen LogP contribution < -0.4 is 5.56 Å². The molecule has 7 heteroatoms. The van der Waals surface area contributed by atoms with Crippen LogP contribution in [0.3, 0.4) is 0 Å². The number of carbonyl (C=O) groups excluding carboxylic acids is 1. The second-order valence-electron chi connectivity index (χ2n) is 7.21. The van der Waals surface area contributed by atoms with Crippen molar-refractivity contribution in [3.05, 3.63) is 21.8 Å². The summed E-state index contributed by atoms with van der Waals surface area (Å²) in [6, 6.07) is 1.87. The molecule has 1 aliphatic heterocycles. The van der Waals surface area contributed by atoms with Crippen LogP contribution in [0.25, 0.3) is 10.2 Å². The van der Waals surface area contributed by atoms with Crippen LogP contribution in [-0.4, -0.2) is 39.2 Å². The summed E-state index contributed by atoms with van der Waals surface area (Å²) in [4.78, 5) is 31.9. The van der Waals surface area contributed by atoms with Crippen molar-refractivity contribution in [3.63, 3.8) is 0 Å². The Morgan fingerprint density at radius 2 is 2.28 bits per heavy atom. The number of thioether (sulfide) groups is 1. The van der Waals surface area contributed by atoms with Gasteiger partial charge in [-0.15, -0.1) is 11.3 Å². The van der Waals surface area contributed by atoms with Crippen molar-refractivity contribution in [1.29, 1.82) is 0 Å². The Labute approximate surface area is 156 Å². The minimum Gasteiger partial charge on any atom is -0.342 e. The molecule has 3 heterocycles. The number of amides is 1. The number of likely N-dealkylation sites (tertiary alicyclic amines) is 1. The Morgan fingerprint density at radius 3 is 3.00 bits per heavy atom. The van der Waals surface area contributed by atoms with E-state index in [1.165, 1.54) is 29.5 Å². The highest BCUT2D eigenvalue weighted by Gasteiger charge is 2.22. The fraction of sp³-hybridized carbons (Fsp3) is 0.611. The Kier molecular flexibility index (Phi) is 5.84. The van der Waals surface area contributed by atoms with Crippen LogP contribution in [0.2, 0.25) is 0 Å². The summed E-state index contributed by atoms with van der Waals surface area (Å²) < 4.78 is 2.43. The van der Waals surface area contributed by atoms with E-state index in [2.05, 4.69) is 25.8 Å². The zero-order chi connectivity index (χ0) is 18.0. The molecule has 0 spiro atoms. The first-order chi connectivity index (χ1) is 12.0. The second kappa shape index (κ2) is 7.91. The molecule has 5 nitrogen and oxygen atoms in total. The van der Waals surface area contributed by atoms with Gasteiger partial charge in [0.25, 0.3) is 5.56 Å². The van der Waals surface area contributed by atoms with Gasteiger partial charge < -0.3 is 4.90 Å². The molecule has 3 rings (SSSR count). The molecule has 1 saturated heterocycles. The standard InChI is InChI=1S/C18H25N3O2S2/c1-12(2)9-21-17(23)16-14(6-8-24-16)19-18(21)25-11-15(22)20-7-4-5-13(3)10-20/h6,8,12-13H,4-5,7,9-11H2,1-3H3/t13-/m0/s1. The Morgan fingerprint density at radius 1 is 1.48 bits per heavy atom. The first-order valence-corrected chi connectivity index (χ1v) is 10.7. The van der Waals surface area contributed by atoms with Crippen LogP contribution >= 0.6 is 23.1 Å². The smallest absolute Gasteiger partial charge is 0.272 e. The number of piperidine rings is 1. The van der Waals surface area contributed by atoms with Gasteiger partial charge >= 0.3 is 0 Å². The van der Waals surface area contributed by atoms with Crippen molar-refractivity contribution in [2.45, 2.75) is 45.3 Å². The molecule has 1 fully saturated rings. The molecule has 1 aliphatic rings. The van der Waals surface area contributed by atoms with E-state index in [-0.39, 0.29) is 11.5 Å². The van der Waals surface area contributed by atoms with Gasteiger partial charge in [0.2, 0.25) is 5.91 Å². The van der Waals surface area contributed by atoms with Crippen molar-refractivity contribution >= 4 is 39.2 Å². The van der Waals surface area contributed by atoms with E-state index >= 15 is 0 Å². The summed E-state index contributed by atoms with van der Waals surface area (Å²) >= 11 is 2.82. The average molecular weight is 380 g/mol. The van der Waals surface area contributed by atoms with Gasteiger partial charge in [0, 0.05) is 19.6 Å². The van der Waals surface area contributed by atoms with Crippen LogP contribution in [-0.2, 0) is 11.3 Å². The molecule has 0 unspecified atom stereocenters. The van der Waals surface area contributed by atoms with Gasteiger partial charge in [0.15, 0.2) is 5.16 Å². The van der Waals surface area contributed by atoms with Gasteiger partial charge in [0.1, 0.15) is 4.70 Å². The van der Waals surface area contributed by atoms with E-state index < -0.39 is 0 Å². The molecule has 1 atom stereocenters. The van der Waals surface area contributed by atoms with Gasteiger partial charge in [0.05, 0.1) is 11.3 Å². The number of hydrogen-bond acceptors (Lipinski definition) is 5. The molecule has 0 bridgehead atoms. The van der Waals surface area contributed by atoms with Crippen LogP contribution in [0.15, 0.2) is 21.4 Å². The topological polar surface area (TPSA) is 55.2 Å². The quantitative estimate of drug-likeness (QED) is 0.590. The number of fused-ring (bicyclic) bond motifs is 1. The van der Waals surface area contributed by atoms with Crippen molar-refractivity contribution < 1.29 is 4.79 Å². The summed E-state index contributed by atoms with van der Waals surface area (Å²) in [6.45, 7) is 8.67. The van der Waals surface area contributed by atoms with E-state index in [0.717, 1.165) is 25.0 Å². The van der Waals surface area contributed by atoms with Gasteiger partial charge in [-0.05, 0) is 36.1 Å². The number of thiophene rings is 1. The lowest BCUT2D eigenvalue weighted by molar-refractivity contribution is -0.130. The Balaban J connectivity index is 1.80. The summed E-state index contributed by atoms with van der Waals surface area (Å²) in [7, 11) is 0. The van der Waals surface area contributed by atoms with Gasteiger partial charge in [-0.3, -0.25) is 14.2 Å². The first kappa shape index (κ1) is 18.5. The van der Waals surface area contributed by atoms with Crippen molar-refractivity contribution in [3.8, 4) is 0 Å². The Hall–Kier alpha value is -1.34. The van der Waals surface area contributed by atoms with E-state index in [1.807, 2.05) is 16.3 Å². The molecule has 1 amide bonds. The number of rotatable bonds is 5. The third-order valence-electron chi connectivity index (χ3n) is 4.41. The molecule has 0 N–H and O–H groups in total. The lowest BCUT2D eigenvalue weighted by atomic mass is 10.0. The molecule has 25 heavy (non-hydrogen) atoms. The molecule has 0 saturated carbocycles. The van der Waals surface area contributed by atoms with Gasteiger partial charge in [-0.2, -0.15) is 0 Å². The molecular formula is C18H25N3O2S2. The largest absolute Gasteiger partial charge is 0.342 e. The maximum atomic E-state index is 12.8. The fourth-order valence-electron chi connectivity index (χ4n) is 3.19. The Bertz CT molecular complexity index is 812. The lowest BCUT2D eigenvalue weighted by Gasteiger charge is -2.30. The van der Waals surface area contributed by atoms with Crippen molar-refractivity contribution in [2.24, 2.45) is 11.8 Å². The van der Waals surface area contributed by atoms with E-state index in [1.54, 1.807) is 4.57 Å². The monoisotopic (exact) mass is 379 g/mol. The number of hydrogen-bond donors (Lipinski definition) is 0. The molecule has 2 aromatic rings. The second-order valence-corrected chi connectivity index (χ2v) is 9.07. The SMILES string of the molecule is CC(C)Cn1c(SCC(=O)N2CCC[C@H](C)C2)nc2ccsc2c1=O. The highest BCUT2D eigenvalue weighted by Crippen LogP contribution is 2.23. The number of aromatic nitrogens is 2. The lowest BCUT2D eigenvalue weighted by Crippen LogP contribution is -2.40. The van der Waals surface area contributed by atoms with Crippen molar-refractivity contribution in [1.82, 2.24) is 14.5 Å². The predicted molar refractivity (Wildman–Crippen MR) is 104 cm³/mol. The van der Waals surface area contributed by atoms with Crippen LogP contribution in [0, 0.1) is 11.8 Å². The molecule has 136 valence electrons. The summed E-state index contributed by atoms with van der Waals surface area (Å²) in [5.41, 5.74) is 0.742. The van der Waals surface area contributed by atoms with Crippen molar-refractivity contribution in [2.75, 3.05) is 18.8 Å². The fourth-order valence-corrected chi connectivity index (χ4v) is 4.88. The number of nitrogens with zero attached hydrogens (tertiary/aromatic N) is 3. The number of carbonyl (C=O) groups is 1. The third-order valence-corrected chi connectivity index (χ3v) is 6.27. The molecular weight excluding hydrogens is 354 g/mol. The summed E-state index contributed by atoms with van der Waals surface area (Å²) in [5, 5.41) is 2.55. The zero-order valence-electron chi connectivity index (χ0n) is 15.0. The van der Waals surface area contributed by atoms with Crippen LogP contribution in [0.4, 0.5) is 0 Å². The van der Waals surface area contributed by atoms with E-state index in [0.29, 0.717) is 34.0 Å². The molecule has 0 radical (unpaired) electrons. The first-order valence-electron chi connectivity index (χ1n) is 8.84. The molecule has 2 aromatic heterocycles. The van der Waals surface area contributed by atoms with E-state index in [4.69, 9.17) is 0 Å². The summed E-state index contributed by atoms with van der Waals surface area (Å²) in [5.74, 6) is 1.40. The van der Waals surface area contributed by atoms with Crippen LogP contribution in [0.1, 0.15) is 33.6 Å². The van der Waals surface area contributed by atoms with Crippen LogP contribution in [0.5, 0.6) is 0 Å². The minimum absolute atomic E-state index is 0.00948. The van der Waals surface area contributed by atoms with Gasteiger partial charge in [-0.1, -0.05) is 32.5 Å². The maximum absolute atomic E-state index is 12.8. The maximum Gasteiger partial charge on any atom is 0.272 e. The highest BCUT2D eigenvalue weighted by molar-refractivity contribution is 7.99.